The van der Waals surface area contributed by atoms with Crippen molar-refractivity contribution in [2.45, 2.75) is 129 Å². The number of aromatic nitrogens is 2. The SMILES string of the molecule is CC1(Nc2cc(I)cc(N3CCOCC3)n2)CCOC1.CC[C@@H]1CCN(C(=O)Nc2ccc(C)c(-c3cc(NC4(C)CCOC4)nc(N4CCOCC4)c3)c2)C1.Cc1ccc(NC(=O)N2CC[C@@H](CC(F)(F)F)C2)cc1B1OC(C)(C)C(C)(C)O1.S. The Morgan fingerprint density at radius 1 is 0.640 bits per heavy atom. The number of aryl methyl sites for hydroxylation is 2. The number of nitrogens with one attached hydrogen (secondary N) is 4. The number of anilines is 6. The van der Waals surface area contributed by atoms with Crippen LogP contribution in [0.25, 0.3) is 11.1 Å². The molecule has 0 spiro atoms. The second kappa shape index (κ2) is 28.8. The van der Waals surface area contributed by atoms with Crippen molar-refractivity contribution in [1.82, 2.24) is 19.8 Å². The Hall–Kier alpha value is -4.83. The normalized spacial score (nSPS) is 24.3. The number of carbonyl (C=O) groups excluding carboxylic acids is 2. The molecule has 11 rings (SSSR count). The van der Waals surface area contributed by atoms with E-state index < -0.39 is 42.9 Å². The number of carbonyl (C=O) groups is 2. The zero-order chi connectivity index (χ0) is 60.7. The second-order valence-corrected chi connectivity index (χ2v) is 26.5. The summed E-state index contributed by atoms with van der Waals surface area (Å²) in [6.07, 6.45) is -0.522. The first kappa shape index (κ1) is 67.1. The van der Waals surface area contributed by atoms with Crippen LogP contribution in [0.1, 0.15) is 98.1 Å². The maximum Gasteiger partial charge on any atom is 0.495 e. The molecule has 0 saturated carbocycles. The molecule has 0 radical (unpaired) electrons. The summed E-state index contributed by atoms with van der Waals surface area (Å²) in [5, 5.41) is 13.1. The van der Waals surface area contributed by atoms with Crippen LogP contribution in [-0.4, -0.2) is 173 Å². The molecule has 472 valence electrons. The van der Waals surface area contributed by atoms with Crippen LogP contribution in [0.15, 0.2) is 60.7 Å². The monoisotopic (exact) mass is 1330 g/mol. The number of urea groups is 2. The number of likely N-dealkylation sites (tertiary alicyclic amines) is 2. The lowest BCUT2D eigenvalue weighted by Crippen LogP contribution is -2.41. The van der Waals surface area contributed by atoms with Crippen LogP contribution < -0.4 is 36.5 Å². The summed E-state index contributed by atoms with van der Waals surface area (Å²) in [5.41, 5.74) is 5.39. The van der Waals surface area contributed by atoms with Crippen LogP contribution in [0, 0.1) is 29.3 Å². The van der Waals surface area contributed by atoms with Gasteiger partial charge in [-0.1, -0.05) is 31.0 Å². The number of rotatable bonds is 12. The Morgan fingerprint density at radius 3 is 1.63 bits per heavy atom. The maximum absolute atomic E-state index is 12.9. The molecule has 7 fully saturated rings. The molecule has 4 aromatic rings. The van der Waals surface area contributed by atoms with Gasteiger partial charge >= 0.3 is 25.4 Å². The Kier molecular flexibility index (Phi) is 22.5. The third-order valence-electron chi connectivity index (χ3n) is 17.6. The summed E-state index contributed by atoms with van der Waals surface area (Å²) in [7, 11) is -0.556. The molecule has 2 aromatic heterocycles. The zero-order valence-electron chi connectivity index (χ0n) is 51.5. The average Bonchev–Trinajstić information content (AvgIpc) is 1.91. The highest BCUT2D eigenvalue weighted by molar-refractivity contribution is 14.1. The molecule has 0 bridgehead atoms. The fourth-order valence-electron chi connectivity index (χ4n) is 11.6. The number of ether oxygens (including phenoxy) is 4. The van der Waals surface area contributed by atoms with Gasteiger partial charge in [-0.2, -0.15) is 26.7 Å². The number of halogens is 4. The Morgan fingerprint density at radius 2 is 1.13 bits per heavy atom. The Labute approximate surface area is 527 Å². The van der Waals surface area contributed by atoms with E-state index in [2.05, 4.69) is 118 Å². The van der Waals surface area contributed by atoms with Gasteiger partial charge in [0, 0.05) is 86.9 Å². The topological polar surface area (TPSA) is 176 Å². The van der Waals surface area contributed by atoms with Crippen molar-refractivity contribution < 1.29 is 51.0 Å². The summed E-state index contributed by atoms with van der Waals surface area (Å²) in [4.78, 5) is 43.1. The summed E-state index contributed by atoms with van der Waals surface area (Å²) < 4.78 is 73.3. The van der Waals surface area contributed by atoms with Crippen LogP contribution >= 0.6 is 36.1 Å². The highest BCUT2D eigenvalue weighted by Crippen LogP contribution is 2.38. The molecule has 0 aliphatic carbocycles. The highest BCUT2D eigenvalue weighted by Gasteiger charge is 2.52. The van der Waals surface area contributed by atoms with E-state index in [1.54, 1.807) is 12.1 Å². The summed E-state index contributed by atoms with van der Waals surface area (Å²) in [6, 6.07) is 19.7. The number of morpholine rings is 2. The first-order chi connectivity index (χ1) is 40.3. The van der Waals surface area contributed by atoms with Crippen molar-refractivity contribution in [1.29, 1.82) is 0 Å². The third-order valence-corrected chi connectivity index (χ3v) is 18.3. The number of hydrogen-bond donors (Lipinski definition) is 4. The van der Waals surface area contributed by atoms with E-state index in [0.717, 1.165) is 155 Å². The van der Waals surface area contributed by atoms with Gasteiger partial charge in [-0.25, -0.2) is 19.6 Å². The van der Waals surface area contributed by atoms with Gasteiger partial charge in [-0.05, 0) is 186 Å². The van der Waals surface area contributed by atoms with Crippen molar-refractivity contribution in [2.75, 3.05) is 136 Å². The van der Waals surface area contributed by atoms with Gasteiger partial charge in [0.25, 0.3) is 0 Å². The molecule has 7 aliphatic heterocycles. The van der Waals surface area contributed by atoms with Crippen LogP contribution in [0.5, 0.6) is 0 Å². The molecule has 4 atom stereocenters. The van der Waals surface area contributed by atoms with Crippen LogP contribution in [0.3, 0.4) is 0 Å². The standard InChI is InChI=1S/C28H39N5O3.C20H28BF3N2O3.C14H20IN3O2.H2S/c1-4-21-7-9-33(18-21)27(34)29-23-6-5-20(2)24(17-23)22-15-25(31-28(3)8-12-36-19-28)30-26(16-22)32-10-13-35-14-11-32;1-13-6-7-15(10-16(13)21-28-18(2,3)19(4,5)29-21)25-17(27)26-9-8-14(12-26)11-20(22,23)24;1-14(2-5-20-10-14)17-12-8-11(15)9-13(16-12)18-3-6-19-7-4-18;/h5-6,15-17,21H,4,7-14,18-19H2,1-3H3,(H,29,34)(H,30,31);6-7,10,14H,8-9,11-12H2,1-5H3,(H,25,27);8-9H,2-7,10H2,1H3,(H,16,17);1H2/t21-,28?;14-;;/m10../s1. The number of hydrogen-bond acceptors (Lipinski definition) is 14. The zero-order valence-corrected chi connectivity index (χ0v) is 54.7. The number of pyridine rings is 2. The smallest absolute Gasteiger partial charge is 0.399 e. The number of benzene rings is 2. The molecule has 24 heteroatoms. The highest BCUT2D eigenvalue weighted by atomic mass is 127. The maximum atomic E-state index is 12.9. The predicted molar refractivity (Wildman–Crippen MR) is 348 cm³/mol. The van der Waals surface area contributed by atoms with Crippen molar-refractivity contribution >= 4 is 95.4 Å². The molecule has 9 heterocycles. The first-order valence-corrected chi connectivity index (χ1v) is 31.2. The van der Waals surface area contributed by atoms with Crippen molar-refractivity contribution in [3.8, 4) is 11.1 Å². The molecule has 2 aromatic carbocycles. The summed E-state index contributed by atoms with van der Waals surface area (Å²) in [6.45, 7) is 30.0. The van der Waals surface area contributed by atoms with Gasteiger partial charge < -0.3 is 69.1 Å². The van der Waals surface area contributed by atoms with Crippen molar-refractivity contribution in [2.24, 2.45) is 11.8 Å². The van der Waals surface area contributed by atoms with Gasteiger partial charge in [0.1, 0.15) is 23.3 Å². The van der Waals surface area contributed by atoms with Gasteiger partial charge in [-0.15, -0.1) is 0 Å². The molecule has 2 unspecified atom stereocenters. The molecule has 18 nitrogen and oxygen atoms in total. The minimum Gasteiger partial charge on any atom is -0.399 e. The lowest BCUT2D eigenvalue weighted by atomic mass is 9.76. The minimum atomic E-state index is -4.20. The van der Waals surface area contributed by atoms with Gasteiger partial charge in [0.05, 0.1) is 61.9 Å². The van der Waals surface area contributed by atoms with Crippen LogP contribution in [-0.2, 0) is 28.3 Å². The third kappa shape index (κ3) is 17.7. The molecule has 7 saturated heterocycles. The van der Waals surface area contributed by atoms with Gasteiger partial charge in [0.15, 0.2) is 0 Å². The van der Waals surface area contributed by atoms with Gasteiger partial charge in [0.2, 0.25) is 0 Å². The van der Waals surface area contributed by atoms with E-state index in [0.29, 0.717) is 44.4 Å². The quantitative estimate of drug-likeness (QED) is 0.0778. The van der Waals surface area contributed by atoms with E-state index in [1.807, 2.05) is 51.7 Å². The number of nitrogens with zero attached hydrogens (tertiary/aromatic N) is 6. The summed E-state index contributed by atoms with van der Waals surface area (Å²) >= 11 is 2.35. The van der Waals surface area contributed by atoms with Crippen LogP contribution in [0.2, 0.25) is 0 Å². The largest absolute Gasteiger partial charge is 0.495 e. The van der Waals surface area contributed by atoms with E-state index >= 15 is 0 Å². The molecular formula is C62H89BF3IN10O8S. The lowest BCUT2D eigenvalue weighted by Gasteiger charge is -2.32. The number of alkyl halides is 3. The fraction of sp³-hybridized carbons (Fsp3) is 0.613. The average molecular weight is 1330 g/mol. The molecule has 86 heavy (non-hydrogen) atoms. The van der Waals surface area contributed by atoms with Gasteiger partial charge in [-0.3, -0.25) is 0 Å². The molecular weight excluding hydrogens is 1240 g/mol. The Balaban J connectivity index is 0.000000173. The molecule has 4 amide bonds. The van der Waals surface area contributed by atoms with E-state index in [1.165, 1.54) is 8.47 Å². The fourth-order valence-corrected chi connectivity index (χ4v) is 12.1. The summed E-state index contributed by atoms with van der Waals surface area (Å²) in [5.74, 6) is 3.82. The van der Waals surface area contributed by atoms with Crippen molar-refractivity contribution in [3.63, 3.8) is 0 Å². The Bertz CT molecular complexity index is 2930. The van der Waals surface area contributed by atoms with E-state index in [-0.39, 0.29) is 37.1 Å². The second-order valence-electron chi connectivity index (χ2n) is 25.3. The minimum absolute atomic E-state index is 0. The lowest BCUT2D eigenvalue weighted by molar-refractivity contribution is -0.143. The van der Waals surface area contributed by atoms with Crippen molar-refractivity contribution in [3.05, 3.63) is 75.4 Å². The first-order valence-electron chi connectivity index (χ1n) is 30.2. The van der Waals surface area contributed by atoms with E-state index in [9.17, 15) is 22.8 Å². The number of amides is 4. The molecule has 7 aliphatic rings. The predicted octanol–water partition coefficient (Wildman–Crippen LogP) is 11.1. The van der Waals surface area contributed by atoms with E-state index in [4.69, 9.17) is 38.2 Å². The van der Waals surface area contributed by atoms with Crippen LogP contribution in [0.4, 0.5) is 57.4 Å². The molecule has 4 N–H and O–H groups in total.